The maximum atomic E-state index is 9.96. The first-order valence-electron chi connectivity index (χ1n) is 6.27. The minimum absolute atomic E-state index is 0.154. The van der Waals surface area contributed by atoms with Gasteiger partial charge in [-0.15, -0.1) is 0 Å². The van der Waals surface area contributed by atoms with E-state index in [-0.39, 0.29) is 11.5 Å². The molecule has 0 saturated carbocycles. The number of nitrogens with zero attached hydrogens (tertiary/aromatic N) is 1. The molecule has 15 heavy (non-hydrogen) atoms. The summed E-state index contributed by atoms with van der Waals surface area (Å²) >= 11 is 0. The summed E-state index contributed by atoms with van der Waals surface area (Å²) in [6, 6.07) is 0. The summed E-state index contributed by atoms with van der Waals surface area (Å²) in [6.07, 6.45) is 3.34. The minimum Gasteiger partial charge on any atom is -0.392 e. The van der Waals surface area contributed by atoms with Crippen LogP contribution in [-0.2, 0) is 0 Å². The van der Waals surface area contributed by atoms with E-state index in [1.54, 1.807) is 0 Å². The van der Waals surface area contributed by atoms with Crippen LogP contribution in [0, 0.1) is 11.3 Å². The third-order valence-corrected chi connectivity index (χ3v) is 3.19. The van der Waals surface area contributed by atoms with Gasteiger partial charge in [-0.2, -0.15) is 0 Å². The normalized spacial score (nSPS) is 23.0. The minimum atomic E-state index is -0.154. The molecule has 0 aromatic carbocycles. The third kappa shape index (κ3) is 5.53. The number of piperidine rings is 1. The molecule has 0 aromatic heterocycles. The largest absolute Gasteiger partial charge is 0.392 e. The second-order valence-corrected chi connectivity index (χ2v) is 6.40. The smallest absolute Gasteiger partial charge is 0.0672 e. The summed E-state index contributed by atoms with van der Waals surface area (Å²) in [5, 5.41) is 9.96. The van der Waals surface area contributed by atoms with Crippen LogP contribution >= 0.6 is 0 Å². The van der Waals surface area contributed by atoms with Crippen molar-refractivity contribution in [2.75, 3.05) is 19.6 Å². The summed E-state index contributed by atoms with van der Waals surface area (Å²) in [4.78, 5) is 2.41. The highest BCUT2D eigenvalue weighted by Gasteiger charge is 2.21. The van der Waals surface area contributed by atoms with Crippen LogP contribution in [0.1, 0.15) is 47.0 Å². The Labute approximate surface area is 94.7 Å². The van der Waals surface area contributed by atoms with Gasteiger partial charge in [-0.05, 0) is 43.7 Å². The molecule has 0 aliphatic carbocycles. The van der Waals surface area contributed by atoms with Crippen molar-refractivity contribution in [3.8, 4) is 0 Å². The fourth-order valence-corrected chi connectivity index (χ4v) is 2.31. The van der Waals surface area contributed by atoms with Gasteiger partial charge in [0.1, 0.15) is 0 Å². The molecule has 90 valence electrons. The zero-order chi connectivity index (χ0) is 11.5. The van der Waals surface area contributed by atoms with Crippen molar-refractivity contribution >= 4 is 0 Å². The van der Waals surface area contributed by atoms with Crippen molar-refractivity contribution in [3.63, 3.8) is 0 Å². The van der Waals surface area contributed by atoms with Gasteiger partial charge in [-0.3, -0.25) is 0 Å². The molecule has 1 rings (SSSR count). The summed E-state index contributed by atoms with van der Waals surface area (Å²) in [7, 11) is 0. The lowest BCUT2D eigenvalue weighted by molar-refractivity contribution is 0.0632. The number of aliphatic hydroxyl groups is 1. The number of rotatable bonds is 3. The van der Waals surface area contributed by atoms with E-state index in [4.69, 9.17) is 0 Å². The Morgan fingerprint density at radius 2 is 1.80 bits per heavy atom. The highest BCUT2D eigenvalue weighted by molar-refractivity contribution is 4.75. The van der Waals surface area contributed by atoms with E-state index in [9.17, 15) is 5.11 Å². The molecule has 1 atom stereocenters. The highest BCUT2D eigenvalue weighted by Crippen LogP contribution is 2.22. The highest BCUT2D eigenvalue weighted by atomic mass is 16.3. The van der Waals surface area contributed by atoms with Crippen LogP contribution in [0.5, 0.6) is 0 Å². The molecule has 1 saturated heterocycles. The molecule has 1 heterocycles. The molecule has 0 radical (unpaired) electrons. The van der Waals surface area contributed by atoms with Gasteiger partial charge in [0.15, 0.2) is 0 Å². The van der Waals surface area contributed by atoms with Crippen LogP contribution < -0.4 is 0 Å². The topological polar surface area (TPSA) is 23.5 Å². The standard InChI is InChI=1S/C13H27NO/c1-11-5-7-14(8-6-11)10-12(15)9-13(2,3)4/h11-12,15H,5-10H2,1-4H3. The first kappa shape index (κ1) is 13.0. The van der Waals surface area contributed by atoms with Gasteiger partial charge < -0.3 is 10.0 Å². The quantitative estimate of drug-likeness (QED) is 0.778. The van der Waals surface area contributed by atoms with Gasteiger partial charge in [0.25, 0.3) is 0 Å². The van der Waals surface area contributed by atoms with Gasteiger partial charge >= 0.3 is 0 Å². The third-order valence-electron chi connectivity index (χ3n) is 3.19. The van der Waals surface area contributed by atoms with Crippen LogP contribution in [0.3, 0.4) is 0 Å². The van der Waals surface area contributed by atoms with Crippen molar-refractivity contribution in [2.24, 2.45) is 11.3 Å². The zero-order valence-electron chi connectivity index (χ0n) is 10.8. The average Bonchev–Trinajstić information content (AvgIpc) is 2.05. The van der Waals surface area contributed by atoms with Crippen LogP contribution in [0.4, 0.5) is 0 Å². The number of aliphatic hydroxyl groups excluding tert-OH is 1. The second kappa shape index (κ2) is 5.31. The molecule has 1 aliphatic heterocycles. The van der Waals surface area contributed by atoms with Gasteiger partial charge in [-0.1, -0.05) is 27.7 Å². The van der Waals surface area contributed by atoms with Crippen molar-refractivity contribution in [3.05, 3.63) is 0 Å². The van der Waals surface area contributed by atoms with Crippen molar-refractivity contribution < 1.29 is 5.11 Å². The van der Waals surface area contributed by atoms with Gasteiger partial charge in [0.05, 0.1) is 6.10 Å². The molecule has 2 heteroatoms. The van der Waals surface area contributed by atoms with Crippen molar-refractivity contribution in [2.45, 2.75) is 53.1 Å². The van der Waals surface area contributed by atoms with Crippen molar-refractivity contribution in [1.82, 2.24) is 4.90 Å². The summed E-state index contributed by atoms with van der Waals surface area (Å²) in [6.45, 7) is 12.1. The molecule has 0 spiro atoms. The molecule has 0 bridgehead atoms. The van der Waals surface area contributed by atoms with E-state index in [0.29, 0.717) is 0 Å². The Bertz CT molecular complexity index is 177. The summed E-state index contributed by atoms with van der Waals surface area (Å²) in [5.41, 5.74) is 0.239. The molecule has 2 nitrogen and oxygen atoms in total. The molecular formula is C13H27NO. The number of hydrogen-bond donors (Lipinski definition) is 1. The Kier molecular flexibility index (Phi) is 4.60. The lowest BCUT2D eigenvalue weighted by Crippen LogP contribution is -2.39. The molecule has 0 aromatic rings. The van der Waals surface area contributed by atoms with E-state index in [2.05, 4.69) is 32.6 Å². The molecule has 1 aliphatic rings. The zero-order valence-corrected chi connectivity index (χ0v) is 10.8. The Morgan fingerprint density at radius 3 is 2.27 bits per heavy atom. The van der Waals surface area contributed by atoms with E-state index >= 15 is 0 Å². The fourth-order valence-electron chi connectivity index (χ4n) is 2.31. The Hall–Kier alpha value is -0.0800. The lowest BCUT2D eigenvalue weighted by atomic mass is 9.89. The number of likely N-dealkylation sites (tertiary alicyclic amines) is 1. The van der Waals surface area contributed by atoms with E-state index in [0.717, 1.165) is 18.9 Å². The van der Waals surface area contributed by atoms with Gasteiger partial charge in [0, 0.05) is 6.54 Å². The maximum Gasteiger partial charge on any atom is 0.0672 e. The van der Waals surface area contributed by atoms with Crippen molar-refractivity contribution in [1.29, 1.82) is 0 Å². The predicted molar refractivity (Wildman–Crippen MR) is 64.9 cm³/mol. The lowest BCUT2D eigenvalue weighted by Gasteiger charge is -2.33. The second-order valence-electron chi connectivity index (χ2n) is 6.40. The molecule has 1 N–H and O–H groups in total. The Balaban J connectivity index is 2.23. The summed E-state index contributed by atoms with van der Waals surface area (Å²) < 4.78 is 0. The molecule has 1 unspecified atom stereocenters. The molecule has 1 fully saturated rings. The number of β-amino-alcohol motifs (C(OH)–C–C–N with tert-alkyl or cyclic N) is 1. The predicted octanol–water partition coefficient (Wildman–Crippen LogP) is 2.52. The Morgan fingerprint density at radius 1 is 1.27 bits per heavy atom. The monoisotopic (exact) mass is 213 g/mol. The summed E-state index contributed by atoms with van der Waals surface area (Å²) in [5.74, 6) is 0.876. The van der Waals surface area contributed by atoms with Gasteiger partial charge in [-0.25, -0.2) is 0 Å². The van der Waals surface area contributed by atoms with Crippen LogP contribution in [0.15, 0.2) is 0 Å². The van der Waals surface area contributed by atoms with Gasteiger partial charge in [0.2, 0.25) is 0 Å². The first-order valence-corrected chi connectivity index (χ1v) is 6.27. The van der Waals surface area contributed by atoms with E-state index in [1.165, 1.54) is 25.9 Å². The SMILES string of the molecule is CC1CCN(CC(O)CC(C)(C)C)CC1. The van der Waals surface area contributed by atoms with E-state index < -0.39 is 0 Å². The fraction of sp³-hybridized carbons (Fsp3) is 1.00. The van der Waals surface area contributed by atoms with Crippen LogP contribution in [0.2, 0.25) is 0 Å². The number of hydrogen-bond acceptors (Lipinski definition) is 2. The van der Waals surface area contributed by atoms with Crippen LogP contribution in [-0.4, -0.2) is 35.7 Å². The molecular weight excluding hydrogens is 186 g/mol. The first-order chi connectivity index (χ1) is 6.87. The average molecular weight is 213 g/mol. The van der Waals surface area contributed by atoms with E-state index in [1.807, 2.05) is 0 Å². The maximum absolute atomic E-state index is 9.96. The van der Waals surface area contributed by atoms with Crippen LogP contribution in [0.25, 0.3) is 0 Å². The molecule has 0 amide bonds.